The summed E-state index contributed by atoms with van der Waals surface area (Å²) in [6.45, 7) is 11.1. The number of H-pyrrole nitrogens is 1. The largest absolute Gasteiger partial charge is 0.462 e. The van der Waals surface area contributed by atoms with Gasteiger partial charge in [-0.05, 0) is 51.5 Å². The zero-order chi connectivity index (χ0) is 21.1. The van der Waals surface area contributed by atoms with Gasteiger partial charge in [0.15, 0.2) is 6.04 Å². The number of quaternary nitrogens is 1. The molecule has 1 atom stereocenters. The molecule has 7 heteroatoms. The molecule has 1 aromatic carbocycles. The number of ketones is 1. The Hall–Kier alpha value is -2.31. The van der Waals surface area contributed by atoms with Crippen LogP contribution >= 0.6 is 11.6 Å². The van der Waals surface area contributed by atoms with Gasteiger partial charge < -0.3 is 19.5 Å². The maximum Gasteiger partial charge on any atom is 0.340 e. The number of halogens is 1. The standard InChI is InChI=1S/C22H28ClN3O3/c1-5-29-22(28)19-14(2)20(24-15(19)3)21(27)16(4)25-9-11-26(12-10-25)18-8-6-7-17(23)13-18/h6-8,13,16,24H,5,9-12H2,1-4H3/p+1/t16-/m1/s1. The lowest BCUT2D eigenvalue weighted by atomic mass is 10.0. The molecule has 0 saturated carbocycles. The lowest BCUT2D eigenvalue weighted by Crippen LogP contribution is -3.18. The van der Waals surface area contributed by atoms with Gasteiger partial charge in [-0.3, -0.25) is 4.79 Å². The number of nitrogens with zero attached hydrogens (tertiary/aromatic N) is 1. The van der Waals surface area contributed by atoms with E-state index in [2.05, 4.69) is 16.0 Å². The Kier molecular flexibility index (Phi) is 6.65. The van der Waals surface area contributed by atoms with Crippen LogP contribution < -0.4 is 9.80 Å². The number of rotatable bonds is 6. The fraction of sp³-hybridized carbons (Fsp3) is 0.455. The molecule has 29 heavy (non-hydrogen) atoms. The lowest BCUT2D eigenvalue weighted by Gasteiger charge is -2.36. The smallest absolute Gasteiger partial charge is 0.340 e. The predicted octanol–water partition coefficient (Wildman–Crippen LogP) is 2.44. The maximum atomic E-state index is 13.2. The Labute approximate surface area is 176 Å². The fourth-order valence-corrected chi connectivity index (χ4v) is 4.25. The fourth-order valence-electron chi connectivity index (χ4n) is 4.07. The van der Waals surface area contributed by atoms with Crippen LogP contribution in [0.1, 0.15) is 46.0 Å². The Balaban J connectivity index is 1.69. The summed E-state index contributed by atoms with van der Waals surface area (Å²) in [5.74, 6) is -0.347. The van der Waals surface area contributed by atoms with Gasteiger partial charge in [0.1, 0.15) is 0 Å². The van der Waals surface area contributed by atoms with Crippen molar-refractivity contribution in [2.75, 3.05) is 37.7 Å². The van der Waals surface area contributed by atoms with Crippen molar-refractivity contribution in [1.82, 2.24) is 4.98 Å². The average molecular weight is 419 g/mol. The molecular weight excluding hydrogens is 390 g/mol. The number of carbonyl (C=O) groups is 2. The number of benzene rings is 1. The summed E-state index contributed by atoms with van der Waals surface area (Å²) in [7, 11) is 0. The van der Waals surface area contributed by atoms with Crippen molar-refractivity contribution in [2.45, 2.75) is 33.7 Å². The van der Waals surface area contributed by atoms with E-state index < -0.39 is 0 Å². The number of aryl methyl sites for hydroxylation is 1. The second kappa shape index (κ2) is 9.01. The third-order valence-corrected chi connectivity index (χ3v) is 5.98. The van der Waals surface area contributed by atoms with Crippen LogP contribution in [0.4, 0.5) is 5.69 Å². The number of aromatic nitrogens is 1. The molecule has 0 aliphatic carbocycles. The zero-order valence-electron chi connectivity index (χ0n) is 17.5. The Bertz CT molecular complexity index is 901. The van der Waals surface area contributed by atoms with Crippen molar-refractivity contribution in [1.29, 1.82) is 0 Å². The summed E-state index contributed by atoms with van der Waals surface area (Å²) in [4.78, 5) is 32.1. The maximum absolute atomic E-state index is 13.2. The van der Waals surface area contributed by atoms with Gasteiger partial charge in [0.05, 0.1) is 44.0 Å². The molecular formula is C22H29ClN3O3+. The first-order chi connectivity index (χ1) is 13.8. The normalized spacial score (nSPS) is 16.0. The molecule has 0 radical (unpaired) electrons. The minimum absolute atomic E-state index is 0.0346. The SMILES string of the molecule is CCOC(=O)c1c(C)[nH]c(C(=O)[C@@H](C)[NH+]2CCN(c3cccc(Cl)c3)CC2)c1C. The summed E-state index contributed by atoms with van der Waals surface area (Å²) >= 11 is 6.11. The summed E-state index contributed by atoms with van der Waals surface area (Å²) in [5.41, 5.74) is 3.46. The van der Waals surface area contributed by atoms with Gasteiger partial charge in [-0.15, -0.1) is 0 Å². The van der Waals surface area contributed by atoms with Crippen LogP contribution in [-0.4, -0.2) is 55.6 Å². The number of Topliss-reactive ketones (excluding diaryl/α,β-unsaturated/α-hetero) is 1. The average Bonchev–Trinajstić information content (AvgIpc) is 3.01. The monoisotopic (exact) mass is 418 g/mol. The molecule has 0 bridgehead atoms. The number of piperazine rings is 1. The van der Waals surface area contributed by atoms with Crippen molar-refractivity contribution in [3.05, 3.63) is 51.8 Å². The number of nitrogens with one attached hydrogen (secondary N) is 2. The van der Waals surface area contributed by atoms with Crippen LogP contribution in [0, 0.1) is 13.8 Å². The van der Waals surface area contributed by atoms with Crippen LogP contribution in [0.25, 0.3) is 0 Å². The summed E-state index contributed by atoms with van der Waals surface area (Å²) in [6.07, 6.45) is 0. The quantitative estimate of drug-likeness (QED) is 0.558. The topological polar surface area (TPSA) is 66.8 Å². The third-order valence-electron chi connectivity index (χ3n) is 5.75. The van der Waals surface area contributed by atoms with Gasteiger partial charge in [0, 0.05) is 16.4 Å². The summed E-state index contributed by atoms with van der Waals surface area (Å²) in [6, 6.07) is 7.68. The molecule has 2 heterocycles. The van der Waals surface area contributed by atoms with Gasteiger partial charge in [0.25, 0.3) is 0 Å². The molecule has 1 fully saturated rings. The van der Waals surface area contributed by atoms with Crippen LogP contribution in [0.2, 0.25) is 5.02 Å². The van der Waals surface area contributed by atoms with E-state index in [-0.39, 0.29) is 17.8 Å². The van der Waals surface area contributed by atoms with Crippen LogP contribution in [0.15, 0.2) is 24.3 Å². The van der Waals surface area contributed by atoms with E-state index in [0.717, 1.165) is 36.9 Å². The molecule has 2 aromatic rings. The number of ether oxygens (including phenoxy) is 1. The molecule has 3 rings (SSSR count). The molecule has 2 N–H and O–H groups in total. The molecule has 0 unspecified atom stereocenters. The minimum Gasteiger partial charge on any atom is -0.462 e. The molecule has 1 saturated heterocycles. The van der Waals surface area contributed by atoms with Crippen LogP contribution in [-0.2, 0) is 4.74 Å². The molecule has 1 aliphatic rings. The third kappa shape index (κ3) is 4.49. The Morgan fingerprint density at radius 1 is 1.28 bits per heavy atom. The van der Waals surface area contributed by atoms with Gasteiger partial charge in [-0.2, -0.15) is 0 Å². The molecule has 156 valence electrons. The highest BCUT2D eigenvalue weighted by Crippen LogP contribution is 2.21. The van der Waals surface area contributed by atoms with Crippen molar-refractivity contribution in [3.63, 3.8) is 0 Å². The number of esters is 1. The molecule has 6 nitrogen and oxygen atoms in total. The molecule has 1 aromatic heterocycles. The van der Waals surface area contributed by atoms with Crippen LogP contribution in [0.3, 0.4) is 0 Å². The van der Waals surface area contributed by atoms with Crippen molar-refractivity contribution < 1.29 is 19.2 Å². The van der Waals surface area contributed by atoms with E-state index >= 15 is 0 Å². The van der Waals surface area contributed by atoms with Gasteiger partial charge in [-0.1, -0.05) is 17.7 Å². The van der Waals surface area contributed by atoms with Crippen LogP contribution in [0.5, 0.6) is 0 Å². The first-order valence-electron chi connectivity index (χ1n) is 10.1. The summed E-state index contributed by atoms with van der Waals surface area (Å²) < 4.78 is 5.13. The van der Waals surface area contributed by atoms with Gasteiger partial charge >= 0.3 is 5.97 Å². The highest BCUT2D eigenvalue weighted by Gasteiger charge is 2.33. The van der Waals surface area contributed by atoms with E-state index in [1.807, 2.05) is 32.0 Å². The highest BCUT2D eigenvalue weighted by molar-refractivity contribution is 6.30. The number of hydrogen-bond donors (Lipinski definition) is 2. The van der Waals surface area contributed by atoms with Crippen molar-refractivity contribution in [3.8, 4) is 0 Å². The Morgan fingerprint density at radius 3 is 2.59 bits per heavy atom. The van der Waals surface area contributed by atoms with E-state index in [9.17, 15) is 9.59 Å². The zero-order valence-corrected chi connectivity index (χ0v) is 18.2. The molecule has 1 aliphatic heterocycles. The van der Waals surface area contributed by atoms with E-state index in [4.69, 9.17) is 16.3 Å². The minimum atomic E-state index is -0.382. The first kappa shape index (κ1) is 21.4. The first-order valence-corrected chi connectivity index (χ1v) is 10.5. The highest BCUT2D eigenvalue weighted by atomic mass is 35.5. The van der Waals surface area contributed by atoms with E-state index in [1.54, 1.807) is 13.8 Å². The van der Waals surface area contributed by atoms with E-state index in [0.29, 0.717) is 29.1 Å². The second-order valence-corrected chi connectivity index (χ2v) is 7.99. The number of carbonyl (C=O) groups excluding carboxylic acids is 2. The second-order valence-electron chi connectivity index (χ2n) is 7.56. The molecule has 0 spiro atoms. The van der Waals surface area contributed by atoms with Gasteiger partial charge in [-0.25, -0.2) is 4.79 Å². The Morgan fingerprint density at radius 2 is 1.97 bits per heavy atom. The summed E-state index contributed by atoms with van der Waals surface area (Å²) in [5, 5.41) is 0.732. The number of aromatic amines is 1. The lowest BCUT2D eigenvalue weighted by molar-refractivity contribution is -0.914. The van der Waals surface area contributed by atoms with Gasteiger partial charge in [0.2, 0.25) is 5.78 Å². The number of anilines is 1. The predicted molar refractivity (Wildman–Crippen MR) is 114 cm³/mol. The van der Waals surface area contributed by atoms with Crippen molar-refractivity contribution >= 4 is 29.0 Å². The molecule has 0 amide bonds. The van der Waals surface area contributed by atoms with E-state index in [1.165, 1.54) is 4.90 Å². The van der Waals surface area contributed by atoms with Crippen molar-refractivity contribution in [2.24, 2.45) is 0 Å². The number of hydrogen-bond acceptors (Lipinski definition) is 4.